The lowest BCUT2D eigenvalue weighted by Gasteiger charge is -2.02. The summed E-state index contributed by atoms with van der Waals surface area (Å²) in [6, 6.07) is 7.07. The van der Waals surface area contributed by atoms with Crippen molar-refractivity contribution in [3.63, 3.8) is 0 Å². The molecular formula is C13H9BrN2O2S. The van der Waals surface area contributed by atoms with Crippen molar-refractivity contribution in [2.75, 3.05) is 0 Å². The number of thiophene rings is 1. The van der Waals surface area contributed by atoms with Gasteiger partial charge in [0.05, 0.1) is 29.5 Å². The number of aromatic carboxylic acids is 1. The number of nitrogens with zero attached hydrogens (tertiary/aromatic N) is 2. The quantitative estimate of drug-likeness (QED) is 0.794. The van der Waals surface area contributed by atoms with E-state index in [2.05, 4.69) is 27.0 Å². The van der Waals surface area contributed by atoms with Crippen LogP contribution >= 0.6 is 27.3 Å². The molecule has 0 atom stereocenters. The van der Waals surface area contributed by atoms with Gasteiger partial charge in [-0.1, -0.05) is 0 Å². The molecule has 4 nitrogen and oxygen atoms in total. The van der Waals surface area contributed by atoms with Crippen LogP contribution in [0.3, 0.4) is 0 Å². The van der Waals surface area contributed by atoms with Gasteiger partial charge in [0.15, 0.2) is 0 Å². The summed E-state index contributed by atoms with van der Waals surface area (Å²) in [6.07, 6.45) is 1.74. The number of carbonyl (C=O) groups is 1. The Morgan fingerprint density at radius 3 is 2.95 bits per heavy atom. The first-order valence-electron chi connectivity index (χ1n) is 5.54. The Morgan fingerprint density at radius 1 is 1.42 bits per heavy atom. The predicted octanol–water partition coefficient (Wildman–Crippen LogP) is 3.61. The zero-order valence-corrected chi connectivity index (χ0v) is 12.1. The standard InChI is InChI=1S/C13H9BrN2O2S/c14-9-4-10(19-6-9)5-16-7-15-11-3-8(13(17)18)1-2-12(11)16/h1-4,6-7H,5H2,(H,17,18). The molecule has 19 heavy (non-hydrogen) atoms. The molecular weight excluding hydrogens is 328 g/mol. The minimum absolute atomic E-state index is 0.261. The molecule has 6 heteroatoms. The van der Waals surface area contributed by atoms with E-state index < -0.39 is 5.97 Å². The molecule has 0 saturated heterocycles. The van der Waals surface area contributed by atoms with Gasteiger partial charge in [0, 0.05) is 14.7 Å². The fourth-order valence-corrected chi connectivity index (χ4v) is 3.38. The fraction of sp³-hybridized carbons (Fsp3) is 0.0769. The van der Waals surface area contributed by atoms with Crippen LogP contribution < -0.4 is 0 Å². The van der Waals surface area contributed by atoms with Crippen LogP contribution in [0, 0.1) is 0 Å². The Morgan fingerprint density at radius 2 is 2.26 bits per heavy atom. The third-order valence-electron chi connectivity index (χ3n) is 2.82. The Labute approximate surface area is 121 Å². The highest BCUT2D eigenvalue weighted by molar-refractivity contribution is 9.10. The number of hydrogen-bond donors (Lipinski definition) is 1. The molecule has 2 heterocycles. The first-order chi connectivity index (χ1) is 9.13. The first-order valence-corrected chi connectivity index (χ1v) is 7.22. The lowest BCUT2D eigenvalue weighted by Crippen LogP contribution is -1.97. The first kappa shape index (κ1) is 12.4. The normalized spacial score (nSPS) is 11.0. The third kappa shape index (κ3) is 2.41. The maximum Gasteiger partial charge on any atom is 0.335 e. The second-order valence-corrected chi connectivity index (χ2v) is 6.02. The summed E-state index contributed by atoms with van der Waals surface area (Å²) < 4.78 is 3.09. The van der Waals surface area contributed by atoms with Crippen LogP contribution in [-0.2, 0) is 6.54 Å². The van der Waals surface area contributed by atoms with Crippen molar-refractivity contribution >= 4 is 44.3 Å². The van der Waals surface area contributed by atoms with Gasteiger partial charge in [0.25, 0.3) is 0 Å². The van der Waals surface area contributed by atoms with E-state index in [9.17, 15) is 4.79 Å². The maximum absolute atomic E-state index is 10.9. The smallest absolute Gasteiger partial charge is 0.335 e. The van der Waals surface area contributed by atoms with Crippen LogP contribution in [0.1, 0.15) is 15.2 Å². The van der Waals surface area contributed by atoms with Gasteiger partial charge in [0.1, 0.15) is 0 Å². The molecule has 0 saturated carbocycles. The van der Waals surface area contributed by atoms with Crippen molar-refractivity contribution in [2.24, 2.45) is 0 Å². The van der Waals surface area contributed by atoms with Gasteiger partial charge in [-0.05, 0) is 40.2 Å². The highest BCUT2D eigenvalue weighted by Gasteiger charge is 2.08. The molecule has 96 valence electrons. The van der Waals surface area contributed by atoms with Gasteiger partial charge in [-0.25, -0.2) is 9.78 Å². The molecule has 1 aromatic carbocycles. The lowest BCUT2D eigenvalue weighted by atomic mass is 10.2. The van der Waals surface area contributed by atoms with Crippen LogP contribution in [0.2, 0.25) is 0 Å². The van der Waals surface area contributed by atoms with Crippen LogP contribution in [0.25, 0.3) is 11.0 Å². The SMILES string of the molecule is O=C(O)c1ccc2c(c1)ncn2Cc1cc(Br)cs1. The van der Waals surface area contributed by atoms with Crippen molar-refractivity contribution < 1.29 is 9.90 Å². The monoisotopic (exact) mass is 336 g/mol. The van der Waals surface area contributed by atoms with Gasteiger partial charge in [-0.2, -0.15) is 0 Å². The fourth-order valence-electron chi connectivity index (χ4n) is 1.93. The molecule has 0 aliphatic carbocycles. The lowest BCUT2D eigenvalue weighted by molar-refractivity contribution is 0.0697. The van der Waals surface area contributed by atoms with Gasteiger partial charge < -0.3 is 9.67 Å². The Hall–Kier alpha value is -1.66. The molecule has 3 aromatic rings. The highest BCUT2D eigenvalue weighted by atomic mass is 79.9. The zero-order chi connectivity index (χ0) is 13.4. The molecule has 3 rings (SSSR count). The summed E-state index contributed by atoms with van der Waals surface area (Å²) in [5.74, 6) is -0.932. The van der Waals surface area contributed by atoms with Crippen molar-refractivity contribution in [3.8, 4) is 0 Å². The number of halogens is 1. The van der Waals surface area contributed by atoms with E-state index >= 15 is 0 Å². The molecule has 0 fully saturated rings. The van der Waals surface area contributed by atoms with Gasteiger partial charge in [0.2, 0.25) is 0 Å². The van der Waals surface area contributed by atoms with E-state index in [0.29, 0.717) is 5.52 Å². The molecule has 0 spiro atoms. The Bertz CT molecular complexity index is 763. The molecule has 1 N–H and O–H groups in total. The van der Waals surface area contributed by atoms with E-state index in [1.165, 1.54) is 4.88 Å². The molecule has 2 aromatic heterocycles. The van der Waals surface area contributed by atoms with E-state index in [0.717, 1.165) is 16.5 Å². The summed E-state index contributed by atoms with van der Waals surface area (Å²) in [6.45, 7) is 0.735. The van der Waals surface area contributed by atoms with Crippen molar-refractivity contribution in [1.29, 1.82) is 0 Å². The van der Waals surface area contributed by atoms with Crippen LogP contribution in [0.5, 0.6) is 0 Å². The Kier molecular flexibility index (Phi) is 3.12. The number of imidazole rings is 1. The molecule has 0 bridgehead atoms. The molecule has 0 aliphatic heterocycles. The summed E-state index contributed by atoms with van der Waals surface area (Å²) in [7, 11) is 0. The summed E-state index contributed by atoms with van der Waals surface area (Å²) in [5, 5.41) is 11.0. The summed E-state index contributed by atoms with van der Waals surface area (Å²) in [4.78, 5) is 16.4. The molecule has 0 aliphatic rings. The minimum atomic E-state index is -0.932. The van der Waals surface area contributed by atoms with E-state index in [-0.39, 0.29) is 5.56 Å². The van der Waals surface area contributed by atoms with Gasteiger partial charge >= 0.3 is 5.97 Å². The number of aromatic nitrogens is 2. The van der Waals surface area contributed by atoms with Crippen molar-refractivity contribution in [1.82, 2.24) is 9.55 Å². The zero-order valence-electron chi connectivity index (χ0n) is 9.71. The number of benzene rings is 1. The van der Waals surface area contributed by atoms with Crippen LogP contribution in [-0.4, -0.2) is 20.6 Å². The topological polar surface area (TPSA) is 55.1 Å². The summed E-state index contributed by atoms with van der Waals surface area (Å²) in [5.41, 5.74) is 1.90. The number of hydrogen-bond acceptors (Lipinski definition) is 3. The average Bonchev–Trinajstić information content (AvgIpc) is 2.96. The number of rotatable bonds is 3. The van der Waals surface area contributed by atoms with Crippen LogP contribution in [0.4, 0.5) is 0 Å². The third-order valence-corrected chi connectivity index (χ3v) is 4.50. The molecule has 0 amide bonds. The average molecular weight is 337 g/mol. The number of carboxylic acids is 1. The number of fused-ring (bicyclic) bond motifs is 1. The van der Waals surface area contributed by atoms with Gasteiger partial charge in [-0.3, -0.25) is 0 Å². The van der Waals surface area contributed by atoms with E-state index in [1.54, 1.807) is 35.9 Å². The predicted molar refractivity (Wildman–Crippen MR) is 77.8 cm³/mol. The van der Waals surface area contributed by atoms with E-state index in [4.69, 9.17) is 5.11 Å². The highest BCUT2D eigenvalue weighted by Crippen LogP contribution is 2.22. The molecule has 0 radical (unpaired) electrons. The maximum atomic E-state index is 10.9. The second-order valence-electron chi connectivity index (χ2n) is 4.11. The van der Waals surface area contributed by atoms with E-state index in [1.807, 2.05) is 9.95 Å². The second kappa shape index (κ2) is 4.79. The van der Waals surface area contributed by atoms with Gasteiger partial charge in [-0.15, -0.1) is 11.3 Å². The minimum Gasteiger partial charge on any atom is -0.478 e. The van der Waals surface area contributed by atoms with Crippen molar-refractivity contribution in [2.45, 2.75) is 6.54 Å². The molecule has 0 unspecified atom stereocenters. The number of carboxylic acid groups (broad SMARTS) is 1. The van der Waals surface area contributed by atoms with Crippen molar-refractivity contribution in [3.05, 3.63) is 50.9 Å². The van der Waals surface area contributed by atoms with Crippen LogP contribution in [0.15, 0.2) is 40.4 Å². The Balaban J connectivity index is 1.99. The summed E-state index contributed by atoms with van der Waals surface area (Å²) >= 11 is 5.11. The largest absolute Gasteiger partial charge is 0.478 e.